The van der Waals surface area contributed by atoms with Gasteiger partial charge in [-0.3, -0.25) is 9.52 Å². The third-order valence-corrected chi connectivity index (χ3v) is 4.41. The molecule has 0 spiro atoms. The number of anilines is 1. The monoisotopic (exact) mass is 346 g/mol. The van der Waals surface area contributed by atoms with Gasteiger partial charge in [-0.05, 0) is 55.7 Å². The van der Waals surface area contributed by atoms with Crippen LogP contribution < -0.4 is 10.0 Å². The van der Waals surface area contributed by atoms with E-state index in [1.165, 1.54) is 17.2 Å². The molecule has 2 aromatic rings. The number of carbonyl (C=O) groups is 1. The summed E-state index contributed by atoms with van der Waals surface area (Å²) in [4.78, 5) is 12.4. The number of rotatable bonds is 5. The van der Waals surface area contributed by atoms with Crippen LogP contribution in [0.1, 0.15) is 40.0 Å². The molecule has 24 heavy (non-hydrogen) atoms. The van der Waals surface area contributed by atoms with Gasteiger partial charge in [0.15, 0.2) is 0 Å². The van der Waals surface area contributed by atoms with Crippen molar-refractivity contribution in [1.82, 2.24) is 5.32 Å². The van der Waals surface area contributed by atoms with E-state index in [-0.39, 0.29) is 11.9 Å². The Balaban J connectivity index is 2.14. The second kappa shape index (κ2) is 7.05. The summed E-state index contributed by atoms with van der Waals surface area (Å²) < 4.78 is 25.0. The predicted octanol–water partition coefficient (Wildman–Crippen LogP) is 3.17. The molecule has 0 heterocycles. The van der Waals surface area contributed by atoms with Crippen LogP contribution in [0.4, 0.5) is 5.69 Å². The van der Waals surface area contributed by atoms with Crippen molar-refractivity contribution in [3.05, 3.63) is 64.7 Å². The Labute approximate surface area is 143 Å². The van der Waals surface area contributed by atoms with Crippen molar-refractivity contribution in [3.63, 3.8) is 0 Å². The molecule has 0 aliphatic rings. The first-order valence-corrected chi connectivity index (χ1v) is 9.51. The minimum Gasteiger partial charge on any atom is -0.346 e. The molecular weight excluding hydrogens is 324 g/mol. The molecule has 0 bridgehead atoms. The van der Waals surface area contributed by atoms with Gasteiger partial charge < -0.3 is 5.32 Å². The molecule has 1 unspecified atom stereocenters. The standard InChI is InChI=1S/C18H22N2O3S/c1-12-8-9-15(10-13(12)2)14(3)19-18(21)16-6-5-7-17(11-16)20-24(4,22)23/h5-11,14,20H,1-4H3,(H,19,21). The molecule has 0 aliphatic heterocycles. The molecule has 0 saturated carbocycles. The molecule has 2 aromatic carbocycles. The van der Waals surface area contributed by atoms with Gasteiger partial charge in [-0.15, -0.1) is 0 Å². The predicted molar refractivity (Wildman–Crippen MR) is 96.7 cm³/mol. The van der Waals surface area contributed by atoms with Crippen LogP contribution in [0.3, 0.4) is 0 Å². The Hall–Kier alpha value is -2.34. The van der Waals surface area contributed by atoms with Gasteiger partial charge in [0.05, 0.1) is 12.3 Å². The molecular formula is C18H22N2O3S. The molecule has 0 saturated heterocycles. The zero-order valence-electron chi connectivity index (χ0n) is 14.3. The molecule has 2 N–H and O–H groups in total. The summed E-state index contributed by atoms with van der Waals surface area (Å²) in [5.74, 6) is -0.252. The first kappa shape index (κ1) is 18.0. The van der Waals surface area contributed by atoms with Crippen LogP contribution in [0.25, 0.3) is 0 Å². The molecule has 2 rings (SSSR count). The summed E-state index contributed by atoms with van der Waals surface area (Å²) in [6.45, 7) is 6.00. The lowest BCUT2D eigenvalue weighted by molar-refractivity contribution is 0.0940. The van der Waals surface area contributed by atoms with Gasteiger partial charge >= 0.3 is 0 Å². The first-order valence-electron chi connectivity index (χ1n) is 7.61. The highest BCUT2D eigenvalue weighted by Crippen LogP contribution is 2.18. The van der Waals surface area contributed by atoms with E-state index in [2.05, 4.69) is 16.1 Å². The summed E-state index contributed by atoms with van der Waals surface area (Å²) in [6.07, 6.45) is 1.07. The Morgan fingerprint density at radius 1 is 1.04 bits per heavy atom. The number of aryl methyl sites for hydroxylation is 2. The van der Waals surface area contributed by atoms with Crippen LogP contribution in [0.15, 0.2) is 42.5 Å². The highest BCUT2D eigenvalue weighted by atomic mass is 32.2. The summed E-state index contributed by atoms with van der Waals surface area (Å²) in [5, 5.41) is 2.93. The molecule has 0 fully saturated rings. The molecule has 5 nitrogen and oxygen atoms in total. The van der Waals surface area contributed by atoms with E-state index in [4.69, 9.17) is 0 Å². The Kier molecular flexibility index (Phi) is 5.29. The van der Waals surface area contributed by atoms with Crippen molar-refractivity contribution in [2.75, 3.05) is 11.0 Å². The highest BCUT2D eigenvalue weighted by molar-refractivity contribution is 7.92. The maximum Gasteiger partial charge on any atom is 0.251 e. The van der Waals surface area contributed by atoms with E-state index in [0.717, 1.165) is 11.8 Å². The van der Waals surface area contributed by atoms with Gasteiger partial charge in [-0.25, -0.2) is 8.42 Å². The minimum absolute atomic E-state index is 0.150. The number of carbonyl (C=O) groups excluding carboxylic acids is 1. The quantitative estimate of drug-likeness (QED) is 0.873. The third kappa shape index (κ3) is 4.83. The van der Waals surface area contributed by atoms with E-state index in [9.17, 15) is 13.2 Å². The minimum atomic E-state index is -3.38. The fourth-order valence-corrected chi connectivity index (χ4v) is 2.89. The number of nitrogens with one attached hydrogen (secondary N) is 2. The van der Waals surface area contributed by atoms with E-state index in [1.807, 2.05) is 32.9 Å². The van der Waals surface area contributed by atoms with Crippen LogP contribution in [-0.2, 0) is 10.0 Å². The summed E-state index contributed by atoms with van der Waals surface area (Å²) in [7, 11) is -3.38. The van der Waals surface area contributed by atoms with Crippen molar-refractivity contribution in [1.29, 1.82) is 0 Å². The third-order valence-electron chi connectivity index (χ3n) is 3.81. The molecule has 0 radical (unpaired) electrons. The van der Waals surface area contributed by atoms with E-state index < -0.39 is 10.0 Å². The molecule has 128 valence electrons. The topological polar surface area (TPSA) is 75.3 Å². The molecule has 1 amide bonds. The first-order chi connectivity index (χ1) is 11.2. The van der Waals surface area contributed by atoms with E-state index in [0.29, 0.717) is 11.3 Å². The van der Waals surface area contributed by atoms with Gasteiger partial charge in [0.1, 0.15) is 0 Å². The van der Waals surface area contributed by atoms with Gasteiger partial charge in [0, 0.05) is 11.3 Å². The van der Waals surface area contributed by atoms with E-state index in [1.54, 1.807) is 18.2 Å². The molecule has 6 heteroatoms. The summed E-state index contributed by atoms with van der Waals surface area (Å²) in [5.41, 5.74) is 4.17. The normalized spacial score (nSPS) is 12.5. The van der Waals surface area contributed by atoms with Crippen LogP contribution in [0.2, 0.25) is 0 Å². The van der Waals surface area contributed by atoms with Crippen molar-refractivity contribution < 1.29 is 13.2 Å². The maximum absolute atomic E-state index is 12.4. The SMILES string of the molecule is Cc1ccc(C(C)NC(=O)c2cccc(NS(C)(=O)=O)c2)cc1C. The average Bonchev–Trinajstić information content (AvgIpc) is 2.48. The van der Waals surface area contributed by atoms with Crippen LogP contribution in [-0.4, -0.2) is 20.6 Å². The largest absolute Gasteiger partial charge is 0.346 e. The fraction of sp³-hybridized carbons (Fsp3) is 0.278. The lowest BCUT2D eigenvalue weighted by atomic mass is 10.0. The second-order valence-corrected chi connectivity index (χ2v) is 7.74. The lowest BCUT2D eigenvalue weighted by Gasteiger charge is -2.16. The van der Waals surface area contributed by atoms with Crippen molar-refractivity contribution in [2.24, 2.45) is 0 Å². The lowest BCUT2D eigenvalue weighted by Crippen LogP contribution is -2.26. The average molecular weight is 346 g/mol. The van der Waals surface area contributed by atoms with E-state index >= 15 is 0 Å². The number of hydrogen-bond donors (Lipinski definition) is 2. The van der Waals surface area contributed by atoms with Crippen molar-refractivity contribution in [3.8, 4) is 0 Å². The molecule has 1 atom stereocenters. The van der Waals surface area contributed by atoms with Crippen LogP contribution >= 0.6 is 0 Å². The fourth-order valence-electron chi connectivity index (χ4n) is 2.34. The second-order valence-electron chi connectivity index (χ2n) is 5.99. The number of amides is 1. The van der Waals surface area contributed by atoms with Gasteiger partial charge in [0.2, 0.25) is 10.0 Å². The maximum atomic E-state index is 12.4. The number of benzene rings is 2. The smallest absolute Gasteiger partial charge is 0.251 e. The van der Waals surface area contributed by atoms with Gasteiger partial charge in [-0.2, -0.15) is 0 Å². The van der Waals surface area contributed by atoms with Gasteiger partial charge in [0.25, 0.3) is 5.91 Å². The van der Waals surface area contributed by atoms with Crippen LogP contribution in [0, 0.1) is 13.8 Å². The zero-order valence-corrected chi connectivity index (χ0v) is 15.1. The molecule has 0 aliphatic carbocycles. The van der Waals surface area contributed by atoms with Gasteiger partial charge in [-0.1, -0.05) is 24.3 Å². The summed E-state index contributed by atoms with van der Waals surface area (Å²) in [6, 6.07) is 12.3. The molecule has 0 aromatic heterocycles. The Bertz CT molecular complexity index is 860. The van der Waals surface area contributed by atoms with Crippen LogP contribution in [0.5, 0.6) is 0 Å². The zero-order chi connectivity index (χ0) is 17.9. The summed E-state index contributed by atoms with van der Waals surface area (Å²) >= 11 is 0. The van der Waals surface area contributed by atoms with Crippen molar-refractivity contribution in [2.45, 2.75) is 26.8 Å². The Morgan fingerprint density at radius 2 is 1.75 bits per heavy atom. The number of sulfonamides is 1. The number of hydrogen-bond acceptors (Lipinski definition) is 3. The highest BCUT2D eigenvalue weighted by Gasteiger charge is 2.13. The van der Waals surface area contributed by atoms with Crippen molar-refractivity contribution >= 4 is 21.6 Å². The Morgan fingerprint density at radius 3 is 2.38 bits per heavy atom.